The van der Waals surface area contributed by atoms with Crippen molar-refractivity contribution in [3.05, 3.63) is 24.0 Å². The summed E-state index contributed by atoms with van der Waals surface area (Å²) in [5.41, 5.74) is 0.337. The lowest BCUT2D eigenvalue weighted by Gasteiger charge is -2.18. The molecule has 7 heteroatoms. The van der Waals surface area contributed by atoms with Gasteiger partial charge < -0.3 is 4.57 Å². The van der Waals surface area contributed by atoms with Crippen LogP contribution in [0.15, 0.2) is 18.3 Å². The molecule has 0 unspecified atom stereocenters. The Bertz CT molecular complexity index is 534. The fourth-order valence-corrected chi connectivity index (χ4v) is 2.64. The Morgan fingerprint density at radius 2 is 2.11 bits per heavy atom. The van der Waals surface area contributed by atoms with Gasteiger partial charge in [-0.3, -0.25) is 4.79 Å². The van der Waals surface area contributed by atoms with E-state index in [2.05, 4.69) is 4.72 Å². The second-order valence-electron chi connectivity index (χ2n) is 4.65. The average molecular weight is 287 g/mol. The van der Waals surface area contributed by atoms with Crippen molar-refractivity contribution in [3.63, 3.8) is 0 Å². The van der Waals surface area contributed by atoms with Crippen LogP contribution in [0.4, 0.5) is 0 Å². The van der Waals surface area contributed by atoms with Gasteiger partial charge in [0.1, 0.15) is 5.69 Å². The zero-order valence-electron chi connectivity index (χ0n) is 11.8. The van der Waals surface area contributed by atoms with Gasteiger partial charge in [-0.25, -0.2) is 4.72 Å². The van der Waals surface area contributed by atoms with Crippen molar-refractivity contribution in [1.82, 2.24) is 13.6 Å². The quantitative estimate of drug-likeness (QED) is 0.859. The maximum atomic E-state index is 12.0. The van der Waals surface area contributed by atoms with E-state index in [-0.39, 0.29) is 6.04 Å². The van der Waals surface area contributed by atoms with E-state index < -0.39 is 16.1 Å². The van der Waals surface area contributed by atoms with E-state index in [1.807, 2.05) is 20.8 Å². The fourth-order valence-electron chi connectivity index (χ4n) is 1.72. The van der Waals surface area contributed by atoms with Gasteiger partial charge in [0.25, 0.3) is 5.91 Å². The second kappa shape index (κ2) is 6.21. The van der Waals surface area contributed by atoms with Gasteiger partial charge in [-0.1, -0.05) is 6.92 Å². The molecule has 0 aliphatic rings. The van der Waals surface area contributed by atoms with Crippen molar-refractivity contribution < 1.29 is 13.2 Å². The van der Waals surface area contributed by atoms with E-state index >= 15 is 0 Å². The molecule has 0 fully saturated rings. The molecule has 6 nitrogen and oxygen atoms in total. The maximum absolute atomic E-state index is 12.0. The van der Waals surface area contributed by atoms with Gasteiger partial charge in [-0.15, -0.1) is 0 Å². The van der Waals surface area contributed by atoms with Gasteiger partial charge in [0, 0.05) is 25.8 Å². The molecule has 19 heavy (non-hydrogen) atoms. The third kappa shape index (κ3) is 3.81. The van der Waals surface area contributed by atoms with Gasteiger partial charge in [0.05, 0.1) is 0 Å². The van der Waals surface area contributed by atoms with Crippen molar-refractivity contribution >= 4 is 16.1 Å². The summed E-state index contributed by atoms with van der Waals surface area (Å²) in [5.74, 6) is -0.610. The number of amides is 1. The monoisotopic (exact) mass is 287 g/mol. The zero-order chi connectivity index (χ0) is 14.6. The third-order valence-corrected chi connectivity index (χ3v) is 4.18. The van der Waals surface area contributed by atoms with Crippen molar-refractivity contribution in [2.24, 2.45) is 0 Å². The first-order valence-electron chi connectivity index (χ1n) is 6.24. The predicted octanol–water partition coefficient (Wildman–Crippen LogP) is 1.39. The van der Waals surface area contributed by atoms with Crippen LogP contribution in [0.3, 0.4) is 0 Å². The predicted molar refractivity (Wildman–Crippen MR) is 74.1 cm³/mol. The SMILES string of the molecule is CCCN(C)S(=O)(=O)NC(=O)c1cccn1C(C)C. The zero-order valence-corrected chi connectivity index (χ0v) is 12.6. The standard InChI is InChI=1S/C12H21N3O3S/c1-5-8-14(4)19(17,18)13-12(16)11-7-6-9-15(11)10(2)3/h6-7,9-10H,5,8H2,1-4H3,(H,13,16). The maximum Gasteiger partial charge on any atom is 0.303 e. The van der Waals surface area contributed by atoms with Crippen LogP contribution in [0.2, 0.25) is 0 Å². The van der Waals surface area contributed by atoms with Crippen LogP contribution in [-0.4, -0.2) is 36.8 Å². The lowest BCUT2D eigenvalue weighted by molar-refractivity contribution is 0.0969. The number of carbonyl (C=O) groups is 1. The summed E-state index contributed by atoms with van der Waals surface area (Å²) in [6.45, 7) is 6.09. The minimum atomic E-state index is -3.77. The molecule has 1 heterocycles. The molecule has 1 rings (SSSR count). The van der Waals surface area contributed by atoms with Gasteiger partial charge >= 0.3 is 10.2 Å². The average Bonchev–Trinajstić information content (AvgIpc) is 2.77. The summed E-state index contributed by atoms with van der Waals surface area (Å²) < 4.78 is 28.7. The van der Waals surface area contributed by atoms with Gasteiger partial charge in [0.15, 0.2) is 0 Å². The van der Waals surface area contributed by atoms with Crippen LogP contribution >= 0.6 is 0 Å². The third-order valence-electron chi connectivity index (χ3n) is 2.74. The summed E-state index contributed by atoms with van der Waals surface area (Å²) in [4.78, 5) is 12.0. The number of nitrogens with one attached hydrogen (secondary N) is 1. The Balaban J connectivity index is 2.88. The van der Waals surface area contributed by atoms with E-state index in [4.69, 9.17) is 0 Å². The van der Waals surface area contributed by atoms with Crippen molar-refractivity contribution in [2.75, 3.05) is 13.6 Å². The molecule has 0 spiro atoms. The summed E-state index contributed by atoms with van der Waals surface area (Å²) in [6.07, 6.45) is 2.44. The van der Waals surface area contributed by atoms with E-state index in [1.165, 1.54) is 7.05 Å². The van der Waals surface area contributed by atoms with E-state index in [1.54, 1.807) is 22.9 Å². The molecule has 108 valence electrons. The summed E-state index contributed by atoms with van der Waals surface area (Å²) in [5, 5.41) is 0. The van der Waals surface area contributed by atoms with Gasteiger partial charge in [0.2, 0.25) is 0 Å². The molecule has 1 N–H and O–H groups in total. The molecule has 0 saturated heterocycles. The highest BCUT2D eigenvalue weighted by molar-refractivity contribution is 7.87. The van der Waals surface area contributed by atoms with Crippen LogP contribution in [0, 0.1) is 0 Å². The number of carbonyl (C=O) groups excluding carboxylic acids is 1. The Kier molecular flexibility index (Phi) is 5.13. The highest BCUT2D eigenvalue weighted by atomic mass is 32.2. The molecule has 0 aromatic carbocycles. The first-order chi connectivity index (χ1) is 8.79. The first kappa shape index (κ1) is 15.7. The molecule has 0 atom stereocenters. The number of aromatic nitrogens is 1. The Labute approximate surface area is 114 Å². The van der Waals surface area contributed by atoms with Crippen molar-refractivity contribution in [2.45, 2.75) is 33.2 Å². The van der Waals surface area contributed by atoms with Crippen LogP contribution in [0.1, 0.15) is 43.7 Å². The molecule has 0 radical (unpaired) electrons. The number of rotatable bonds is 6. The first-order valence-corrected chi connectivity index (χ1v) is 7.68. The van der Waals surface area contributed by atoms with Crippen LogP contribution < -0.4 is 4.72 Å². The lowest BCUT2D eigenvalue weighted by Crippen LogP contribution is -2.42. The highest BCUT2D eigenvalue weighted by Gasteiger charge is 2.22. The molecule has 0 bridgehead atoms. The molecule has 0 aliphatic carbocycles. The van der Waals surface area contributed by atoms with Crippen LogP contribution in [-0.2, 0) is 10.2 Å². The van der Waals surface area contributed by atoms with E-state index in [9.17, 15) is 13.2 Å². The van der Waals surface area contributed by atoms with Crippen LogP contribution in [0.25, 0.3) is 0 Å². The molecule has 0 aliphatic heterocycles. The minimum Gasteiger partial charge on any atom is -0.341 e. The normalized spacial score (nSPS) is 12.1. The summed E-state index contributed by atoms with van der Waals surface area (Å²) in [7, 11) is -2.32. The fraction of sp³-hybridized carbons (Fsp3) is 0.583. The number of hydrogen-bond donors (Lipinski definition) is 1. The van der Waals surface area contributed by atoms with Crippen molar-refractivity contribution in [3.8, 4) is 0 Å². The summed E-state index contributed by atoms with van der Waals surface area (Å²) >= 11 is 0. The molecule has 0 saturated carbocycles. The highest BCUT2D eigenvalue weighted by Crippen LogP contribution is 2.11. The summed E-state index contributed by atoms with van der Waals surface area (Å²) in [6, 6.07) is 3.41. The molecule has 1 aromatic heterocycles. The molecule has 1 aromatic rings. The van der Waals surface area contributed by atoms with Crippen LogP contribution in [0.5, 0.6) is 0 Å². The number of nitrogens with zero attached hydrogens (tertiary/aromatic N) is 2. The Morgan fingerprint density at radius 1 is 1.47 bits per heavy atom. The molecule has 1 amide bonds. The van der Waals surface area contributed by atoms with Gasteiger partial charge in [-0.2, -0.15) is 12.7 Å². The lowest BCUT2D eigenvalue weighted by atomic mass is 10.3. The van der Waals surface area contributed by atoms with E-state index in [0.29, 0.717) is 18.7 Å². The Morgan fingerprint density at radius 3 is 2.63 bits per heavy atom. The smallest absolute Gasteiger partial charge is 0.303 e. The second-order valence-corrected chi connectivity index (χ2v) is 6.43. The topological polar surface area (TPSA) is 71.4 Å². The number of hydrogen-bond acceptors (Lipinski definition) is 3. The van der Waals surface area contributed by atoms with E-state index in [0.717, 1.165) is 4.31 Å². The molecular weight excluding hydrogens is 266 g/mol. The largest absolute Gasteiger partial charge is 0.341 e. The van der Waals surface area contributed by atoms with Gasteiger partial charge in [-0.05, 0) is 32.4 Å². The molecular formula is C12H21N3O3S. The minimum absolute atomic E-state index is 0.0897. The Hall–Kier alpha value is -1.34. The van der Waals surface area contributed by atoms with Crippen molar-refractivity contribution in [1.29, 1.82) is 0 Å².